The maximum Gasteiger partial charge on any atom is 0.310 e. The lowest BCUT2D eigenvalue weighted by Gasteiger charge is -2.30. The second-order valence-corrected chi connectivity index (χ2v) is 6.64. The van der Waals surface area contributed by atoms with Crippen molar-refractivity contribution in [3.63, 3.8) is 0 Å². The molecule has 0 aromatic carbocycles. The fourth-order valence-corrected chi connectivity index (χ4v) is 3.78. The second kappa shape index (κ2) is 8.64. The monoisotopic (exact) mass is 343 g/mol. The van der Waals surface area contributed by atoms with Gasteiger partial charge >= 0.3 is 5.97 Å². The van der Waals surface area contributed by atoms with Crippen LogP contribution in [0.3, 0.4) is 0 Å². The number of rotatable bonds is 10. The highest BCUT2D eigenvalue weighted by molar-refractivity contribution is 5.73. The molecule has 136 valence electrons. The van der Waals surface area contributed by atoms with Crippen LogP contribution in [0.25, 0.3) is 0 Å². The fourth-order valence-electron chi connectivity index (χ4n) is 3.78. The minimum absolute atomic E-state index is 0.361. The van der Waals surface area contributed by atoms with Gasteiger partial charge in [0, 0.05) is 6.04 Å². The molecule has 1 saturated heterocycles. The molecule has 7 atom stereocenters. The van der Waals surface area contributed by atoms with Crippen molar-refractivity contribution in [1.29, 1.82) is 5.53 Å². The van der Waals surface area contributed by atoms with E-state index in [0.29, 0.717) is 13.1 Å². The van der Waals surface area contributed by atoms with Crippen LogP contribution in [0, 0.1) is 11.4 Å². The van der Waals surface area contributed by atoms with Gasteiger partial charge in [-0.2, -0.15) is 0 Å². The summed E-state index contributed by atoms with van der Waals surface area (Å²) in [7, 11) is 0. The third-order valence-corrected chi connectivity index (χ3v) is 5.09. The number of hydrogen-bond acceptors (Lipinski definition) is 7. The minimum atomic E-state index is -1.43. The molecule has 24 heavy (non-hydrogen) atoms. The number of hydrogen-bond donors (Lipinski definition) is 5. The molecule has 5 N–H and O–H groups in total. The van der Waals surface area contributed by atoms with Crippen molar-refractivity contribution in [2.24, 2.45) is 11.0 Å². The van der Waals surface area contributed by atoms with E-state index in [2.05, 4.69) is 10.0 Å². The number of carboxylic acids is 1. The zero-order valence-electron chi connectivity index (χ0n) is 13.7. The SMILES string of the molecule is N=[N+]=NCCCCCCCCN1[C@@H]2[C@H](C(=O)O)[C@@H](O)[C@H](O)[C@@H](O)[C@@H]21. The Labute approximate surface area is 140 Å². The second-order valence-electron chi connectivity index (χ2n) is 6.64. The molecule has 1 aliphatic carbocycles. The van der Waals surface area contributed by atoms with Crippen molar-refractivity contribution in [3.8, 4) is 0 Å². The van der Waals surface area contributed by atoms with Gasteiger partial charge in [-0.3, -0.25) is 9.69 Å². The summed E-state index contributed by atoms with van der Waals surface area (Å²) in [5.41, 5.74) is 6.54. The number of unbranched alkanes of at least 4 members (excludes halogenated alkanes) is 5. The Balaban J connectivity index is 1.67. The van der Waals surface area contributed by atoms with E-state index < -0.39 is 30.2 Å². The smallest absolute Gasteiger partial charge is 0.310 e. The molecule has 0 aromatic rings. The average Bonchev–Trinajstić information content (AvgIpc) is 3.24. The quantitative estimate of drug-likeness (QED) is 0.159. The summed E-state index contributed by atoms with van der Waals surface area (Å²) in [6.07, 6.45) is 2.11. The lowest BCUT2D eigenvalue weighted by atomic mass is 9.83. The van der Waals surface area contributed by atoms with Crippen molar-refractivity contribution in [1.82, 2.24) is 9.81 Å². The third-order valence-electron chi connectivity index (χ3n) is 5.09. The summed E-state index contributed by atoms with van der Waals surface area (Å²) in [6, 6.07) is -0.745. The van der Waals surface area contributed by atoms with E-state index in [4.69, 9.17) is 5.53 Å². The molecule has 0 spiro atoms. The van der Waals surface area contributed by atoms with Crippen LogP contribution in [-0.4, -0.2) is 74.8 Å². The highest BCUT2D eigenvalue weighted by atomic mass is 16.4. The number of carbonyl (C=O) groups is 1. The van der Waals surface area contributed by atoms with Gasteiger partial charge in [0.2, 0.25) is 4.91 Å². The maximum absolute atomic E-state index is 11.3. The number of likely N-dealkylation sites (tertiary alicyclic amines) is 1. The Morgan fingerprint density at radius 1 is 0.958 bits per heavy atom. The van der Waals surface area contributed by atoms with Crippen molar-refractivity contribution < 1.29 is 25.2 Å². The van der Waals surface area contributed by atoms with E-state index in [1.165, 1.54) is 0 Å². The minimum Gasteiger partial charge on any atom is -0.481 e. The first-order chi connectivity index (χ1) is 11.5. The highest BCUT2D eigenvalue weighted by Crippen LogP contribution is 2.44. The Bertz CT molecular complexity index is 484. The van der Waals surface area contributed by atoms with Gasteiger partial charge in [0.15, 0.2) is 0 Å². The summed E-state index contributed by atoms with van der Waals surface area (Å²) in [5.74, 6) is -2.17. The predicted octanol–water partition coefficient (Wildman–Crippen LogP) is -0.273. The van der Waals surface area contributed by atoms with Crippen molar-refractivity contribution in [2.45, 2.75) is 68.9 Å². The number of carboxylic acid groups (broad SMARTS) is 1. The molecule has 1 saturated carbocycles. The Kier molecular flexibility index (Phi) is 6.82. The number of aliphatic carboxylic acids is 1. The fraction of sp³-hybridized carbons (Fsp3) is 0.933. The first-order valence-electron chi connectivity index (χ1n) is 8.56. The highest BCUT2D eigenvalue weighted by Gasteiger charge is 2.65. The van der Waals surface area contributed by atoms with E-state index in [-0.39, 0.29) is 12.1 Å². The molecular formula is C15H27N4O5+. The van der Waals surface area contributed by atoms with Gasteiger partial charge in [-0.1, -0.05) is 25.7 Å². The lowest BCUT2D eigenvalue weighted by molar-refractivity contribution is -0.156. The van der Waals surface area contributed by atoms with Crippen LogP contribution in [0.2, 0.25) is 0 Å². The Morgan fingerprint density at radius 2 is 1.58 bits per heavy atom. The normalized spacial score (nSPS) is 37.4. The number of nitrogens with zero attached hydrogens (tertiary/aromatic N) is 3. The van der Waals surface area contributed by atoms with E-state index in [9.17, 15) is 25.2 Å². The first-order valence-corrected chi connectivity index (χ1v) is 8.56. The van der Waals surface area contributed by atoms with Crippen LogP contribution in [0.5, 0.6) is 0 Å². The third kappa shape index (κ3) is 4.17. The van der Waals surface area contributed by atoms with Gasteiger partial charge in [0.25, 0.3) is 0 Å². The maximum atomic E-state index is 11.3. The van der Waals surface area contributed by atoms with E-state index >= 15 is 0 Å². The Hall–Kier alpha value is -1.38. The molecule has 0 aromatic heterocycles. The summed E-state index contributed by atoms with van der Waals surface area (Å²) in [6.45, 7) is 1.27. The molecule has 0 amide bonds. The van der Waals surface area contributed by atoms with Gasteiger partial charge in [-0.05, 0) is 19.4 Å². The van der Waals surface area contributed by atoms with Crippen LogP contribution < -0.4 is 4.91 Å². The molecule has 1 heterocycles. The van der Waals surface area contributed by atoms with Crippen LogP contribution in [-0.2, 0) is 4.79 Å². The van der Waals surface area contributed by atoms with Crippen molar-refractivity contribution in [2.75, 3.05) is 13.1 Å². The number of fused-ring (bicyclic) bond motifs is 1. The lowest BCUT2D eigenvalue weighted by Crippen LogP contribution is -2.53. The molecule has 2 rings (SSSR count). The average molecular weight is 343 g/mol. The van der Waals surface area contributed by atoms with E-state index in [1.54, 1.807) is 0 Å². The standard InChI is InChI=1S/C15H26N4O5/c16-18-17-7-5-3-1-2-4-6-8-19-10-9(15(23)24)12(20)14(22)13(21)11(10)19/h9-14,16,20-22H,1-8H2/p+1/t9-,10+,11+,12+,13-,14-,19?/m0/s1. The van der Waals surface area contributed by atoms with Crippen LogP contribution in [0.15, 0.2) is 5.11 Å². The van der Waals surface area contributed by atoms with Crippen LogP contribution in [0.4, 0.5) is 0 Å². The van der Waals surface area contributed by atoms with Gasteiger partial charge < -0.3 is 20.4 Å². The number of nitrogens with one attached hydrogen (secondary N) is 1. The van der Waals surface area contributed by atoms with Gasteiger partial charge in [0.1, 0.15) is 29.2 Å². The number of aliphatic hydroxyl groups excluding tert-OH is 3. The number of aliphatic hydroxyl groups is 3. The summed E-state index contributed by atoms with van der Waals surface area (Å²) < 4.78 is 0. The molecular weight excluding hydrogens is 316 g/mol. The topological polar surface area (TPSA) is 151 Å². The molecule has 0 bridgehead atoms. The van der Waals surface area contributed by atoms with Crippen LogP contribution >= 0.6 is 0 Å². The van der Waals surface area contributed by atoms with Crippen molar-refractivity contribution >= 4 is 5.97 Å². The molecule has 9 nitrogen and oxygen atoms in total. The zero-order valence-corrected chi connectivity index (χ0v) is 13.7. The Morgan fingerprint density at radius 3 is 2.21 bits per heavy atom. The largest absolute Gasteiger partial charge is 0.481 e. The van der Waals surface area contributed by atoms with Gasteiger partial charge in [-0.25, -0.2) is 0 Å². The predicted molar refractivity (Wildman–Crippen MR) is 83.3 cm³/mol. The van der Waals surface area contributed by atoms with Crippen LogP contribution in [0.1, 0.15) is 38.5 Å². The van der Waals surface area contributed by atoms with Crippen molar-refractivity contribution in [3.05, 3.63) is 0 Å². The molecule has 1 unspecified atom stereocenters. The molecule has 2 fully saturated rings. The molecule has 9 heteroatoms. The van der Waals surface area contributed by atoms with E-state index in [0.717, 1.165) is 38.5 Å². The summed E-state index contributed by atoms with van der Waals surface area (Å²) >= 11 is 0. The first kappa shape index (κ1) is 19.0. The summed E-state index contributed by atoms with van der Waals surface area (Å²) in [5, 5.41) is 42.5. The van der Waals surface area contributed by atoms with Gasteiger partial charge in [-0.15, -0.1) is 0 Å². The zero-order chi connectivity index (χ0) is 17.7. The van der Waals surface area contributed by atoms with Gasteiger partial charge in [0.05, 0.1) is 18.2 Å². The molecule has 1 aliphatic heterocycles. The van der Waals surface area contributed by atoms with E-state index in [1.807, 2.05) is 4.90 Å². The summed E-state index contributed by atoms with van der Waals surface area (Å²) in [4.78, 5) is 16.2. The molecule has 0 radical (unpaired) electrons. The molecule has 2 aliphatic rings.